The van der Waals surface area contributed by atoms with Crippen LogP contribution >= 0.6 is 11.8 Å². The van der Waals surface area contributed by atoms with Crippen molar-refractivity contribution in [2.24, 2.45) is 4.99 Å². The van der Waals surface area contributed by atoms with Gasteiger partial charge in [0.25, 0.3) is 0 Å². The molecule has 31 heavy (non-hydrogen) atoms. The highest BCUT2D eigenvalue weighted by Gasteiger charge is 2.35. The first-order valence-electron chi connectivity index (χ1n) is 10.3. The number of carbonyl (C=O) groups excluding carboxylic acids is 2. The summed E-state index contributed by atoms with van der Waals surface area (Å²) in [4.78, 5) is 31.7. The summed E-state index contributed by atoms with van der Waals surface area (Å²) in [6, 6.07) is 14.5. The average Bonchev–Trinajstić information content (AvgIpc) is 2.79. The molecule has 0 unspecified atom stereocenters. The number of benzene rings is 2. The number of amidine groups is 1. The number of thioether (sulfide) groups is 1. The maximum absolute atomic E-state index is 12.8. The Balaban J connectivity index is 1.71. The zero-order valence-corrected chi connectivity index (χ0v) is 18.8. The third kappa shape index (κ3) is 6.01. The number of carbonyl (C=O) groups is 2. The summed E-state index contributed by atoms with van der Waals surface area (Å²) in [6.45, 7) is 5.08. The van der Waals surface area contributed by atoms with Crippen LogP contribution in [-0.2, 0) is 9.59 Å². The van der Waals surface area contributed by atoms with E-state index in [1.165, 1.54) is 11.8 Å². The zero-order chi connectivity index (χ0) is 22.2. The summed E-state index contributed by atoms with van der Waals surface area (Å²) in [5, 5.41) is 2.86. The van der Waals surface area contributed by atoms with Crippen molar-refractivity contribution in [3.8, 4) is 11.5 Å². The van der Waals surface area contributed by atoms with E-state index in [1.54, 1.807) is 24.1 Å². The van der Waals surface area contributed by atoms with E-state index in [0.29, 0.717) is 29.7 Å². The molecule has 7 nitrogen and oxygen atoms in total. The summed E-state index contributed by atoms with van der Waals surface area (Å²) in [6.07, 6.45) is 1.06. The average molecular weight is 442 g/mol. The molecule has 1 aliphatic heterocycles. The van der Waals surface area contributed by atoms with Crippen molar-refractivity contribution in [1.29, 1.82) is 0 Å². The zero-order valence-electron chi connectivity index (χ0n) is 18.0. The Morgan fingerprint density at radius 1 is 1.13 bits per heavy atom. The molecule has 1 heterocycles. The van der Waals surface area contributed by atoms with Crippen LogP contribution in [0.25, 0.3) is 0 Å². The molecule has 2 aromatic carbocycles. The van der Waals surface area contributed by atoms with Crippen LogP contribution in [0.4, 0.5) is 11.4 Å². The van der Waals surface area contributed by atoms with E-state index < -0.39 is 5.25 Å². The van der Waals surface area contributed by atoms with E-state index in [-0.39, 0.29) is 18.2 Å². The van der Waals surface area contributed by atoms with Crippen LogP contribution in [0, 0.1) is 0 Å². The van der Waals surface area contributed by atoms with Crippen molar-refractivity contribution in [3.63, 3.8) is 0 Å². The summed E-state index contributed by atoms with van der Waals surface area (Å²) < 4.78 is 10.7. The predicted octanol–water partition coefficient (Wildman–Crippen LogP) is 4.46. The molecular formula is C23H27N3O4S. The molecule has 3 rings (SSSR count). The van der Waals surface area contributed by atoms with Gasteiger partial charge in [-0.3, -0.25) is 14.5 Å². The fraction of sp³-hybridized carbons (Fsp3) is 0.348. The van der Waals surface area contributed by atoms with Crippen molar-refractivity contribution in [2.75, 3.05) is 25.6 Å². The number of aliphatic imine (C=N–C) groups is 1. The van der Waals surface area contributed by atoms with Gasteiger partial charge in [0.05, 0.1) is 19.4 Å². The molecule has 0 spiro atoms. The Labute approximate surface area is 186 Å². The molecule has 1 atom stereocenters. The lowest BCUT2D eigenvalue weighted by molar-refractivity contribution is -0.129. The Hall–Kier alpha value is -3.00. The number of nitrogens with one attached hydrogen (secondary N) is 1. The maximum atomic E-state index is 12.8. The van der Waals surface area contributed by atoms with E-state index in [0.717, 1.165) is 17.9 Å². The van der Waals surface area contributed by atoms with Crippen LogP contribution in [-0.4, -0.2) is 47.4 Å². The summed E-state index contributed by atoms with van der Waals surface area (Å²) in [5.74, 6) is 1.15. The van der Waals surface area contributed by atoms with Crippen LogP contribution < -0.4 is 14.8 Å². The Kier molecular flexibility index (Phi) is 7.94. The molecule has 8 heteroatoms. The Morgan fingerprint density at radius 2 is 1.81 bits per heavy atom. The summed E-state index contributed by atoms with van der Waals surface area (Å²) in [7, 11) is 1.60. The minimum Gasteiger partial charge on any atom is -0.497 e. The molecule has 1 saturated heterocycles. The van der Waals surface area contributed by atoms with Gasteiger partial charge in [0.2, 0.25) is 11.8 Å². The molecule has 0 bridgehead atoms. The third-order valence-electron chi connectivity index (χ3n) is 4.64. The van der Waals surface area contributed by atoms with Crippen LogP contribution in [0.1, 0.15) is 26.7 Å². The second kappa shape index (κ2) is 10.9. The largest absolute Gasteiger partial charge is 0.497 e. The molecule has 164 valence electrons. The standard InChI is InChI=1S/C23H27N3O4S/c1-4-14-30-19-12-8-16(9-13-19)24-22(28)20-15-21(27)26(5-2)23(31-20)25-17-6-10-18(29-3)11-7-17/h6-13,20H,4-5,14-15H2,1-3H3,(H,24,28)/t20-/m1/s1. The second-order valence-corrected chi connectivity index (χ2v) is 8.07. The number of anilines is 1. The third-order valence-corrected chi connectivity index (χ3v) is 5.83. The molecular weight excluding hydrogens is 414 g/mol. The van der Waals surface area contributed by atoms with Crippen molar-refractivity contribution >= 4 is 40.1 Å². The minimum absolute atomic E-state index is 0.114. The normalized spacial score (nSPS) is 17.5. The van der Waals surface area contributed by atoms with Crippen molar-refractivity contribution in [3.05, 3.63) is 48.5 Å². The molecule has 1 aliphatic rings. The monoisotopic (exact) mass is 441 g/mol. The van der Waals surface area contributed by atoms with Gasteiger partial charge in [0, 0.05) is 18.7 Å². The summed E-state index contributed by atoms with van der Waals surface area (Å²) >= 11 is 1.30. The molecule has 0 radical (unpaired) electrons. The van der Waals surface area contributed by atoms with Gasteiger partial charge >= 0.3 is 0 Å². The van der Waals surface area contributed by atoms with E-state index in [9.17, 15) is 9.59 Å². The minimum atomic E-state index is -0.552. The van der Waals surface area contributed by atoms with Gasteiger partial charge in [-0.05, 0) is 61.9 Å². The maximum Gasteiger partial charge on any atom is 0.238 e. The van der Waals surface area contributed by atoms with Gasteiger partial charge in [-0.2, -0.15) is 0 Å². The SMILES string of the molecule is CCCOc1ccc(NC(=O)[C@H]2CC(=O)N(CC)C(=Nc3ccc(OC)cc3)S2)cc1. The van der Waals surface area contributed by atoms with Crippen LogP contribution in [0.15, 0.2) is 53.5 Å². The first-order valence-corrected chi connectivity index (χ1v) is 11.2. The van der Waals surface area contributed by atoms with E-state index in [2.05, 4.69) is 10.3 Å². The number of nitrogens with zero attached hydrogens (tertiary/aromatic N) is 2. The van der Waals surface area contributed by atoms with Crippen LogP contribution in [0.3, 0.4) is 0 Å². The Bertz CT molecular complexity index is 929. The molecule has 0 saturated carbocycles. The van der Waals surface area contributed by atoms with E-state index >= 15 is 0 Å². The number of hydrogen-bond acceptors (Lipinski definition) is 6. The smallest absolute Gasteiger partial charge is 0.238 e. The quantitative estimate of drug-likeness (QED) is 0.654. The second-order valence-electron chi connectivity index (χ2n) is 6.90. The van der Waals surface area contributed by atoms with Crippen molar-refractivity contribution in [1.82, 2.24) is 4.90 Å². The number of ether oxygens (including phenoxy) is 2. The predicted molar refractivity (Wildman–Crippen MR) is 124 cm³/mol. The molecule has 2 amide bonds. The van der Waals surface area contributed by atoms with Crippen molar-refractivity contribution < 1.29 is 19.1 Å². The van der Waals surface area contributed by atoms with Gasteiger partial charge in [0.15, 0.2) is 5.17 Å². The topological polar surface area (TPSA) is 80.2 Å². The summed E-state index contributed by atoms with van der Waals surface area (Å²) in [5.41, 5.74) is 1.35. The highest BCUT2D eigenvalue weighted by atomic mass is 32.2. The molecule has 1 fully saturated rings. The first kappa shape index (κ1) is 22.7. The lowest BCUT2D eigenvalue weighted by atomic mass is 10.2. The lowest BCUT2D eigenvalue weighted by Gasteiger charge is -2.30. The molecule has 1 N–H and O–H groups in total. The fourth-order valence-electron chi connectivity index (χ4n) is 3.00. The molecule has 0 aromatic heterocycles. The van der Waals surface area contributed by atoms with Gasteiger partial charge in [0.1, 0.15) is 16.7 Å². The highest BCUT2D eigenvalue weighted by molar-refractivity contribution is 8.15. The molecule has 2 aromatic rings. The lowest BCUT2D eigenvalue weighted by Crippen LogP contribution is -2.45. The van der Waals surface area contributed by atoms with Gasteiger partial charge in [-0.1, -0.05) is 18.7 Å². The van der Waals surface area contributed by atoms with Gasteiger partial charge < -0.3 is 14.8 Å². The first-order chi connectivity index (χ1) is 15.0. The van der Waals surface area contributed by atoms with Crippen LogP contribution in [0.5, 0.6) is 11.5 Å². The van der Waals surface area contributed by atoms with E-state index in [4.69, 9.17) is 9.47 Å². The molecule has 0 aliphatic carbocycles. The number of hydrogen-bond donors (Lipinski definition) is 1. The highest BCUT2D eigenvalue weighted by Crippen LogP contribution is 2.30. The van der Waals surface area contributed by atoms with Gasteiger partial charge in [-0.25, -0.2) is 4.99 Å². The van der Waals surface area contributed by atoms with Crippen LogP contribution in [0.2, 0.25) is 0 Å². The number of amides is 2. The number of methoxy groups -OCH3 is 1. The fourth-order valence-corrected chi connectivity index (χ4v) is 4.16. The van der Waals surface area contributed by atoms with E-state index in [1.807, 2.05) is 50.2 Å². The Morgan fingerprint density at radius 3 is 2.42 bits per heavy atom. The van der Waals surface area contributed by atoms with Gasteiger partial charge in [-0.15, -0.1) is 0 Å². The number of rotatable bonds is 8. The van der Waals surface area contributed by atoms with Crippen molar-refractivity contribution in [2.45, 2.75) is 31.9 Å².